The van der Waals surface area contributed by atoms with Crippen LogP contribution in [0, 0.1) is 17.5 Å². The highest BCUT2D eigenvalue weighted by molar-refractivity contribution is 8.13. The number of benzene rings is 1. The van der Waals surface area contributed by atoms with Crippen molar-refractivity contribution in [2.75, 3.05) is 11.6 Å². The Morgan fingerprint density at radius 3 is 2.21 bits per heavy atom. The lowest BCUT2D eigenvalue weighted by atomic mass is 10.3. The molecule has 6 heteroatoms. The summed E-state index contributed by atoms with van der Waals surface area (Å²) in [5.41, 5.74) is -0.110. The van der Waals surface area contributed by atoms with E-state index in [2.05, 4.69) is 5.32 Å². The van der Waals surface area contributed by atoms with E-state index in [9.17, 15) is 18.0 Å². The van der Waals surface area contributed by atoms with Crippen LogP contribution < -0.4 is 5.32 Å². The number of halogens is 3. The Labute approximate surface area is 82.5 Å². The van der Waals surface area contributed by atoms with Crippen LogP contribution in [0.5, 0.6) is 0 Å². The molecule has 0 spiro atoms. The van der Waals surface area contributed by atoms with Crippen LogP contribution in [0.1, 0.15) is 0 Å². The molecule has 76 valence electrons. The molecule has 1 aromatic rings. The summed E-state index contributed by atoms with van der Waals surface area (Å²) in [6, 6.07) is 1.43. The highest BCUT2D eigenvalue weighted by Crippen LogP contribution is 2.18. The van der Waals surface area contributed by atoms with Gasteiger partial charge in [-0.25, -0.2) is 13.2 Å². The second-order valence-electron chi connectivity index (χ2n) is 2.37. The molecule has 0 atom stereocenters. The highest BCUT2D eigenvalue weighted by Gasteiger charge is 2.11. The first kappa shape index (κ1) is 10.9. The van der Waals surface area contributed by atoms with Gasteiger partial charge in [-0.1, -0.05) is 11.8 Å². The van der Waals surface area contributed by atoms with E-state index >= 15 is 0 Å². The van der Waals surface area contributed by atoms with Crippen LogP contribution in [-0.2, 0) is 0 Å². The molecular formula is C8H6F3NOS. The van der Waals surface area contributed by atoms with Gasteiger partial charge in [0.1, 0.15) is 0 Å². The summed E-state index contributed by atoms with van der Waals surface area (Å²) in [5.74, 6) is -4.21. The number of hydrogen-bond donors (Lipinski definition) is 1. The first-order valence-corrected chi connectivity index (χ1v) is 4.76. The Morgan fingerprint density at radius 1 is 1.29 bits per heavy atom. The van der Waals surface area contributed by atoms with Crippen molar-refractivity contribution in [2.24, 2.45) is 0 Å². The minimum atomic E-state index is -1.55. The van der Waals surface area contributed by atoms with Crippen molar-refractivity contribution < 1.29 is 18.0 Å². The van der Waals surface area contributed by atoms with Crippen molar-refractivity contribution in [3.63, 3.8) is 0 Å². The number of nitrogens with one attached hydrogen (secondary N) is 1. The molecule has 0 unspecified atom stereocenters. The van der Waals surface area contributed by atoms with Gasteiger partial charge < -0.3 is 5.32 Å². The van der Waals surface area contributed by atoms with Gasteiger partial charge in [0.25, 0.3) is 5.24 Å². The third-order valence-electron chi connectivity index (χ3n) is 1.42. The van der Waals surface area contributed by atoms with Crippen LogP contribution in [0.2, 0.25) is 0 Å². The molecule has 1 N–H and O–H groups in total. The molecule has 0 saturated heterocycles. The molecular weight excluding hydrogens is 215 g/mol. The van der Waals surface area contributed by atoms with E-state index in [-0.39, 0.29) is 5.69 Å². The number of hydrogen-bond acceptors (Lipinski definition) is 2. The van der Waals surface area contributed by atoms with Crippen LogP contribution in [0.25, 0.3) is 0 Å². The minimum absolute atomic E-state index is 0.110. The summed E-state index contributed by atoms with van der Waals surface area (Å²) >= 11 is 0.847. The van der Waals surface area contributed by atoms with Crippen LogP contribution >= 0.6 is 11.8 Å². The van der Waals surface area contributed by atoms with Gasteiger partial charge in [0, 0.05) is 17.8 Å². The predicted molar refractivity (Wildman–Crippen MR) is 48.8 cm³/mol. The molecule has 0 saturated carbocycles. The van der Waals surface area contributed by atoms with Crippen molar-refractivity contribution in [1.82, 2.24) is 0 Å². The van der Waals surface area contributed by atoms with Gasteiger partial charge in [0.05, 0.1) is 0 Å². The summed E-state index contributed by atoms with van der Waals surface area (Å²) < 4.78 is 37.7. The largest absolute Gasteiger partial charge is 0.317 e. The molecule has 0 fully saturated rings. The first-order valence-electron chi connectivity index (χ1n) is 3.54. The zero-order chi connectivity index (χ0) is 10.7. The lowest BCUT2D eigenvalue weighted by molar-refractivity contribution is 0.270. The number of anilines is 1. The number of rotatable bonds is 1. The summed E-state index contributed by atoms with van der Waals surface area (Å²) in [7, 11) is 0. The molecule has 2 nitrogen and oxygen atoms in total. The average Bonchev–Trinajstić information content (AvgIpc) is 2.14. The van der Waals surface area contributed by atoms with Crippen LogP contribution in [0.4, 0.5) is 23.7 Å². The normalized spacial score (nSPS) is 10.0. The average molecular weight is 221 g/mol. The summed E-state index contributed by atoms with van der Waals surface area (Å²) in [5, 5.41) is 1.70. The van der Waals surface area contributed by atoms with E-state index in [4.69, 9.17) is 0 Å². The number of carbonyl (C=O) groups is 1. The highest BCUT2D eigenvalue weighted by atomic mass is 32.2. The second kappa shape index (κ2) is 4.36. The number of carbonyl (C=O) groups excluding carboxylic acids is 1. The van der Waals surface area contributed by atoms with Crippen molar-refractivity contribution >= 4 is 22.7 Å². The lowest BCUT2D eigenvalue weighted by Gasteiger charge is -2.03. The van der Waals surface area contributed by atoms with E-state index in [1.54, 1.807) is 0 Å². The van der Waals surface area contributed by atoms with Crippen LogP contribution in [0.3, 0.4) is 0 Å². The van der Waals surface area contributed by atoms with Gasteiger partial charge in [-0.05, 0) is 6.26 Å². The van der Waals surface area contributed by atoms with Gasteiger partial charge in [-0.2, -0.15) is 0 Å². The zero-order valence-electron chi connectivity index (χ0n) is 7.11. The van der Waals surface area contributed by atoms with E-state index in [1.165, 1.54) is 6.26 Å². The topological polar surface area (TPSA) is 29.1 Å². The maximum Gasteiger partial charge on any atom is 0.283 e. The molecule has 0 radical (unpaired) electrons. The Bertz CT molecular complexity index is 347. The summed E-state index contributed by atoms with van der Waals surface area (Å²) in [4.78, 5) is 10.8. The van der Waals surface area contributed by atoms with Crippen molar-refractivity contribution in [1.29, 1.82) is 0 Å². The monoisotopic (exact) mass is 221 g/mol. The molecule has 1 rings (SSSR count). The molecule has 14 heavy (non-hydrogen) atoms. The van der Waals surface area contributed by atoms with E-state index in [1.807, 2.05) is 0 Å². The van der Waals surface area contributed by atoms with E-state index in [0.29, 0.717) is 12.1 Å². The quantitative estimate of drug-likeness (QED) is 0.738. The summed E-state index contributed by atoms with van der Waals surface area (Å²) in [6.07, 6.45) is 1.51. The van der Waals surface area contributed by atoms with Gasteiger partial charge in [-0.15, -0.1) is 0 Å². The molecule has 1 aromatic carbocycles. The van der Waals surface area contributed by atoms with Gasteiger partial charge in [0.15, 0.2) is 17.5 Å². The maximum absolute atomic E-state index is 12.6. The first-order chi connectivity index (χ1) is 6.54. The number of amides is 1. The summed E-state index contributed by atoms with van der Waals surface area (Å²) in [6.45, 7) is 0. The molecule has 1 amide bonds. The zero-order valence-corrected chi connectivity index (χ0v) is 7.92. The minimum Gasteiger partial charge on any atom is -0.317 e. The Kier molecular flexibility index (Phi) is 3.40. The fourth-order valence-corrected chi connectivity index (χ4v) is 1.02. The van der Waals surface area contributed by atoms with Crippen LogP contribution in [-0.4, -0.2) is 11.5 Å². The standard InChI is InChI=1S/C8H6F3NOS/c1-14-8(13)12-4-2-5(9)7(11)6(10)3-4/h2-3H,1H3,(H,12,13). The van der Waals surface area contributed by atoms with Gasteiger partial charge in [0.2, 0.25) is 0 Å². The Morgan fingerprint density at radius 2 is 1.79 bits per heavy atom. The number of thioether (sulfide) groups is 1. The Hall–Kier alpha value is -1.17. The van der Waals surface area contributed by atoms with E-state index < -0.39 is 22.7 Å². The molecule has 0 aliphatic carbocycles. The van der Waals surface area contributed by atoms with Crippen molar-refractivity contribution in [3.8, 4) is 0 Å². The molecule has 0 bridgehead atoms. The molecule has 0 aliphatic rings. The smallest absolute Gasteiger partial charge is 0.283 e. The fourth-order valence-electron chi connectivity index (χ4n) is 0.797. The molecule has 0 aromatic heterocycles. The fraction of sp³-hybridized carbons (Fsp3) is 0.125. The van der Waals surface area contributed by atoms with Gasteiger partial charge in [-0.3, -0.25) is 4.79 Å². The van der Waals surface area contributed by atoms with Crippen molar-refractivity contribution in [3.05, 3.63) is 29.6 Å². The van der Waals surface area contributed by atoms with Crippen LogP contribution in [0.15, 0.2) is 12.1 Å². The lowest BCUT2D eigenvalue weighted by Crippen LogP contribution is -2.05. The Balaban J connectivity index is 2.95. The maximum atomic E-state index is 12.6. The van der Waals surface area contributed by atoms with Crippen molar-refractivity contribution in [2.45, 2.75) is 0 Å². The SMILES string of the molecule is CSC(=O)Nc1cc(F)c(F)c(F)c1. The second-order valence-corrected chi connectivity index (χ2v) is 3.15. The van der Waals surface area contributed by atoms with Gasteiger partial charge >= 0.3 is 0 Å². The molecule has 0 aliphatic heterocycles. The molecule has 0 heterocycles. The third kappa shape index (κ3) is 2.41. The van der Waals surface area contributed by atoms with E-state index in [0.717, 1.165) is 11.8 Å². The third-order valence-corrected chi connectivity index (χ3v) is 1.89. The predicted octanol–water partition coefficient (Wildman–Crippen LogP) is 3.00.